The lowest BCUT2D eigenvalue weighted by molar-refractivity contribution is 0.450. The van der Waals surface area contributed by atoms with Crippen LogP contribution in [-0.4, -0.2) is 35.2 Å². The zero-order chi connectivity index (χ0) is 36.3. The molecular weight excluding hydrogens is 661 g/mol. The smallest absolute Gasteiger partial charge is 0.135 e. The van der Waals surface area contributed by atoms with Gasteiger partial charge in [-0.25, -0.2) is 4.98 Å². The van der Waals surface area contributed by atoms with Crippen molar-refractivity contribution in [2.24, 2.45) is 15.9 Å². The Labute approximate surface area is 311 Å². The molecule has 7 nitrogen and oxygen atoms in total. The number of thiol groups is 1. The van der Waals surface area contributed by atoms with Crippen LogP contribution in [-0.2, 0) is 6.54 Å². The third-order valence-corrected chi connectivity index (χ3v) is 8.67. The highest BCUT2D eigenvalue weighted by Gasteiger charge is 2.28. The molecule has 258 valence electrons. The number of para-hydroxylation sites is 1. The second-order valence-corrected chi connectivity index (χ2v) is 11.8. The number of anilines is 2. The molecule has 0 spiro atoms. The van der Waals surface area contributed by atoms with Crippen LogP contribution in [0.3, 0.4) is 0 Å². The van der Waals surface area contributed by atoms with Gasteiger partial charge in [0.1, 0.15) is 17.3 Å². The number of hydrogen-bond donors (Lipinski definition) is 2. The van der Waals surface area contributed by atoms with Gasteiger partial charge in [-0.1, -0.05) is 97.6 Å². The minimum atomic E-state index is 0.593. The number of aromatic nitrogens is 2. The van der Waals surface area contributed by atoms with Crippen molar-refractivity contribution in [2.75, 3.05) is 17.7 Å². The van der Waals surface area contributed by atoms with E-state index in [2.05, 4.69) is 139 Å². The van der Waals surface area contributed by atoms with Crippen molar-refractivity contribution < 1.29 is 4.74 Å². The largest absolute Gasteiger partial charge is 0.456 e. The summed E-state index contributed by atoms with van der Waals surface area (Å²) in [6, 6.07) is 43.6. The number of benzene rings is 4. The molecule has 0 saturated carbocycles. The molecule has 8 heteroatoms. The lowest BCUT2D eigenvalue weighted by Crippen LogP contribution is -2.22. The van der Waals surface area contributed by atoms with Gasteiger partial charge in [0, 0.05) is 59.0 Å². The molecule has 0 aliphatic carbocycles. The maximum absolute atomic E-state index is 6.41. The van der Waals surface area contributed by atoms with E-state index in [-0.39, 0.29) is 0 Å². The van der Waals surface area contributed by atoms with Gasteiger partial charge in [0.2, 0.25) is 0 Å². The van der Waals surface area contributed by atoms with Crippen molar-refractivity contribution >= 4 is 42.1 Å². The molecule has 0 fully saturated rings. The number of hydrogen-bond acceptors (Lipinski definition) is 8. The second-order valence-electron chi connectivity index (χ2n) is 11.8. The first kappa shape index (κ1) is 35.6. The van der Waals surface area contributed by atoms with Crippen molar-refractivity contribution in [2.45, 2.75) is 13.0 Å². The van der Waals surface area contributed by atoms with Crippen molar-refractivity contribution in [3.05, 3.63) is 180 Å². The zero-order valence-electron chi connectivity index (χ0n) is 29.1. The standard InChI is InChI=1S/C42H32N4O.CH4N2.CH4S/c1-29-38-20-11-25-46(37-18-10-17-35(41(29)37)34-16-8-9-19-39(34)47-38)40-27-32(21-24-44-40)36-26-33(22-23-43-36)42(31-14-6-3-7-15-31)45-28-30-12-4-2-5-13-30;1-3-2;1-2/h2-10,12-24,26-27H,1,11,25,28H2;1-2H2;2H,1H3/b38-20+,45-42?;;. The fourth-order valence-corrected chi connectivity index (χ4v) is 6.40. The summed E-state index contributed by atoms with van der Waals surface area (Å²) >= 11 is 3.53. The maximum atomic E-state index is 6.41. The SMILES string of the molecule is C=C1/C2=C\CCN(c3cc(-c4cc(C(=NCc5ccccc5)c5ccccc5)ccn4)ccn3)c3cccc(c31)-c1ccccc1O2.C=NN.CS. The Morgan fingerprint density at radius 1 is 0.808 bits per heavy atom. The van der Waals surface area contributed by atoms with E-state index in [4.69, 9.17) is 19.7 Å². The van der Waals surface area contributed by atoms with E-state index in [1.165, 1.54) is 5.56 Å². The Hall–Kier alpha value is -6.25. The van der Waals surface area contributed by atoms with Crippen LogP contribution in [0.5, 0.6) is 5.75 Å². The van der Waals surface area contributed by atoms with Gasteiger partial charge in [-0.3, -0.25) is 9.98 Å². The molecule has 2 aliphatic heterocycles. The molecule has 0 radical (unpaired) electrons. The molecule has 2 N–H and O–H groups in total. The summed E-state index contributed by atoms with van der Waals surface area (Å²) < 4.78 is 6.41. The number of ether oxygens (including phenoxy) is 1. The molecular formula is C44H40N6OS. The van der Waals surface area contributed by atoms with Crippen molar-refractivity contribution in [3.63, 3.8) is 0 Å². The average Bonchev–Trinajstić information content (AvgIpc) is 3.33. The Balaban J connectivity index is 0.000000884. The van der Waals surface area contributed by atoms with Gasteiger partial charge in [0.25, 0.3) is 0 Å². The number of nitrogens with zero attached hydrogens (tertiary/aromatic N) is 5. The van der Waals surface area contributed by atoms with Gasteiger partial charge in [0.05, 0.1) is 23.6 Å². The number of fused-ring (bicyclic) bond motifs is 3. The number of pyridine rings is 2. The van der Waals surface area contributed by atoms with Crippen molar-refractivity contribution in [3.8, 4) is 28.1 Å². The predicted molar refractivity (Wildman–Crippen MR) is 220 cm³/mol. The lowest BCUT2D eigenvalue weighted by atomic mass is 9.91. The van der Waals surface area contributed by atoms with Gasteiger partial charge < -0.3 is 15.5 Å². The topological polar surface area (TPSA) is 89.0 Å². The molecule has 4 aromatic carbocycles. The zero-order valence-corrected chi connectivity index (χ0v) is 30.0. The quantitative estimate of drug-likeness (QED) is 0.0782. The van der Waals surface area contributed by atoms with Crippen LogP contribution in [0.25, 0.3) is 28.0 Å². The average molecular weight is 701 g/mol. The Morgan fingerprint density at radius 2 is 1.50 bits per heavy atom. The Kier molecular flexibility index (Phi) is 11.7. The van der Waals surface area contributed by atoms with E-state index >= 15 is 0 Å². The summed E-state index contributed by atoms with van der Waals surface area (Å²) in [5.41, 5.74) is 11.2. The van der Waals surface area contributed by atoms with Gasteiger partial charge in [-0.15, -0.1) is 0 Å². The third-order valence-electron chi connectivity index (χ3n) is 8.67. The first-order valence-corrected chi connectivity index (χ1v) is 17.8. The van der Waals surface area contributed by atoms with E-state index in [0.29, 0.717) is 6.54 Å². The predicted octanol–water partition coefficient (Wildman–Crippen LogP) is 9.79. The van der Waals surface area contributed by atoms with Gasteiger partial charge in [-0.05, 0) is 66.3 Å². The third kappa shape index (κ3) is 7.72. The van der Waals surface area contributed by atoms with Crippen LogP contribution in [0.1, 0.15) is 28.7 Å². The molecule has 0 amide bonds. The molecule has 2 aliphatic rings. The summed E-state index contributed by atoms with van der Waals surface area (Å²) in [7, 11) is 0. The number of allylic oxidation sites excluding steroid dienone is 1. The van der Waals surface area contributed by atoms with E-state index in [1.807, 2.05) is 48.8 Å². The number of rotatable bonds is 6. The van der Waals surface area contributed by atoms with Crippen molar-refractivity contribution in [1.82, 2.24) is 9.97 Å². The summed E-state index contributed by atoms with van der Waals surface area (Å²) in [5, 5.41) is 2.75. The highest BCUT2D eigenvalue weighted by molar-refractivity contribution is 7.79. The number of aliphatic imine (C=N–C) groups is 1. The number of hydrazone groups is 1. The van der Waals surface area contributed by atoms with Crippen molar-refractivity contribution in [1.29, 1.82) is 0 Å². The minimum Gasteiger partial charge on any atom is -0.456 e. The molecule has 0 unspecified atom stereocenters. The van der Waals surface area contributed by atoms with E-state index in [0.717, 1.165) is 86.3 Å². The molecule has 8 rings (SSSR count). The fourth-order valence-electron chi connectivity index (χ4n) is 6.40. The summed E-state index contributed by atoms with van der Waals surface area (Å²) in [5.74, 6) is 6.87. The van der Waals surface area contributed by atoms with Gasteiger partial charge in [0.15, 0.2) is 0 Å². The van der Waals surface area contributed by atoms with Gasteiger partial charge >= 0.3 is 0 Å². The summed E-state index contributed by atoms with van der Waals surface area (Å²) in [4.78, 5) is 17.1. The van der Waals surface area contributed by atoms with Crippen LogP contribution in [0.2, 0.25) is 0 Å². The molecule has 0 saturated heterocycles. The fraction of sp³-hybridized carbons (Fsp3) is 0.0909. The first-order valence-electron chi connectivity index (χ1n) is 16.9. The normalized spacial score (nSPS) is 13.9. The Bertz CT molecular complexity index is 2230. The molecule has 2 aromatic heterocycles. The first-order chi connectivity index (χ1) is 25.6. The van der Waals surface area contributed by atoms with Crippen LogP contribution in [0.4, 0.5) is 11.5 Å². The molecule has 6 aromatic rings. The van der Waals surface area contributed by atoms with E-state index < -0.39 is 0 Å². The van der Waals surface area contributed by atoms with Crippen LogP contribution in [0, 0.1) is 0 Å². The second kappa shape index (κ2) is 17.1. The highest BCUT2D eigenvalue weighted by Crippen LogP contribution is 2.47. The monoisotopic (exact) mass is 700 g/mol. The molecule has 0 atom stereocenters. The Morgan fingerprint density at radius 3 is 2.29 bits per heavy atom. The molecule has 4 heterocycles. The minimum absolute atomic E-state index is 0.593. The molecule has 2 bridgehead atoms. The van der Waals surface area contributed by atoms with Crippen LogP contribution in [0.15, 0.2) is 168 Å². The van der Waals surface area contributed by atoms with E-state index in [9.17, 15) is 0 Å². The number of nitrogens with two attached hydrogens (primary N) is 1. The van der Waals surface area contributed by atoms with Crippen LogP contribution >= 0.6 is 12.6 Å². The maximum Gasteiger partial charge on any atom is 0.135 e. The van der Waals surface area contributed by atoms with Gasteiger partial charge in [-0.2, -0.15) is 17.7 Å². The summed E-state index contributed by atoms with van der Waals surface area (Å²) in [6.45, 7) is 8.73. The molecule has 52 heavy (non-hydrogen) atoms. The van der Waals surface area contributed by atoms with Crippen LogP contribution < -0.4 is 15.5 Å². The summed E-state index contributed by atoms with van der Waals surface area (Å²) in [6.07, 6.45) is 8.35. The van der Waals surface area contributed by atoms with E-state index in [1.54, 1.807) is 6.26 Å². The lowest BCUT2D eigenvalue weighted by Gasteiger charge is -2.29. The highest BCUT2D eigenvalue weighted by atomic mass is 32.1.